The predicted octanol–water partition coefficient (Wildman–Crippen LogP) is 2.97. The van der Waals surface area contributed by atoms with E-state index in [1.54, 1.807) is 24.0 Å². The van der Waals surface area contributed by atoms with Crippen LogP contribution in [0.5, 0.6) is 5.75 Å². The minimum absolute atomic E-state index is 0.149. The van der Waals surface area contributed by atoms with Crippen LogP contribution in [-0.2, 0) is 14.4 Å². The first-order valence-electron chi connectivity index (χ1n) is 9.52. The summed E-state index contributed by atoms with van der Waals surface area (Å²) in [6.07, 6.45) is 2.49. The zero-order valence-corrected chi connectivity index (χ0v) is 16.8. The van der Waals surface area contributed by atoms with Crippen LogP contribution < -0.4 is 4.74 Å². The minimum Gasteiger partial charge on any atom is -0.496 e. The third-order valence-corrected chi connectivity index (χ3v) is 6.22. The Labute approximate surface area is 169 Å². The molecule has 2 aliphatic carbocycles. The summed E-state index contributed by atoms with van der Waals surface area (Å²) in [6.45, 7) is 2.72. The van der Waals surface area contributed by atoms with Gasteiger partial charge in [0.1, 0.15) is 23.2 Å². The van der Waals surface area contributed by atoms with E-state index < -0.39 is 11.3 Å². The van der Waals surface area contributed by atoms with Crippen molar-refractivity contribution < 1.29 is 19.1 Å². The van der Waals surface area contributed by atoms with Gasteiger partial charge in [-0.1, -0.05) is 17.5 Å². The van der Waals surface area contributed by atoms with E-state index in [2.05, 4.69) is 11.8 Å². The quantitative estimate of drug-likeness (QED) is 0.579. The number of hydrogen-bond acceptors (Lipinski definition) is 4. The molecule has 0 radical (unpaired) electrons. The number of methoxy groups -OCH3 is 1. The largest absolute Gasteiger partial charge is 0.496 e. The lowest BCUT2D eigenvalue weighted by Crippen LogP contribution is -2.62. The predicted molar refractivity (Wildman–Crippen MR) is 104 cm³/mol. The fourth-order valence-corrected chi connectivity index (χ4v) is 4.82. The molecule has 28 heavy (non-hydrogen) atoms. The van der Waals surface area contributed by atoms with Crippen molar-refractivity contribution in [2.45, 2.75) is 38.5 Å². The molecule has 2 saturated carbocycles. The van der Waals surface area contributed by atoms with Crippen molar-refractivity contribution in [3.05, 3.63) is 28.3 Å². The molecule has 1 heterocycles. The van der Waals surface area contributed by atoms with E-state index >= 15 is 0 Å². The molecule has 0 bridgehead atoms. The van der Waals surface area contributed by atoms with Crippen molar-refractivity contribution in [3.63, 3.8) is 0 Å². The number of benzene rings is 1. The third kappa shape index (κ3) is 3.20. The number of ketones is 2. The van der Waals surface area contributed by atoms with E-state index in [9.17, 15) is 14.4 Å². The molecule has 0 N–H and O–H groups in total. The maximum absolute atomic E-state index is 13.0. The summed E-state index contributed by atoms with van der Waals surface area (Å²) in [6, 6.07) is 3.38. The summed E-state index contributed by atoms with van der Waals surface area (Å²) in [7, 11) is 1.49. The zero-order valence-electron chi connectivity index (χ0n) is 16.0. The number of nitrogens with zero attached hydrogens (tertiary/aromatic N) is 1. The Bertz CT molecular complexity index is 912. The molecule has 1 aromatic carbocycles. The number of halogens is 1. The van der Waals surface area contributed by atoms with Gasteiger partial charge in [0.15, 0.2) is 0 Å². The van der Waals surface area contributed by atoms with Gasteiger partial charge in [0, 0.05) is 53.4 Å². The first-order chi connectivity index (χ1) is 13.4. The highest BCUT2D eigenvalue weighted by Gasteiger charge is 2.55. The maximum Gasteiger partial charge on any atom is 0.225 e. The lowest BCUT2D eigenvalue weighted by Gasteiger charge is -2.52. The first-order valence-corrected chi connectivity index (χ1v) is 9.89. The molecule has 1 amide bonds. The zero-order chi connectivity index (χ0) is 20.1. The van der Waals surface area contributed by atoms with Crippen LogP contribution in [0, 0.1) is 23.2 Å². The smallest absolute Gasteiger partial charge is 0.225 e. The van der Waals surface area contributed by atoms with Gasteiger partial charge in [-0.25, -0.2) is 0 Å². The summed E-state index contributed by atoms with van der Waals surface area (Å²) < 4.78 is 5.43. The molecular weight excluding hydrogens is 378 g/mol. The van der Waals surface area contributed by atoms with Gasteiger partial charge < -0.3 is 9.64 Å². The molecule has 5 nitrogen and oxygen atoms in total. The van der Waals surface area contributed by atoms with Gasteiger partial charge in [0.05, 0.1) is 7.11 Å². The fraction of sp³-hybridized carbons (Fsp3) is 0.500. The Balaban J connectivity index is 1.56. The molecule has 146 valence electrons. The van der Waals surface area contributed by atoms with Crippen LogP contribution in [0.2, 0.25) is 5.02 Å². The molecule has 1 aromatic rings. The van der Waals surface area contributed by atoms with Crippen molar-refractivity contribution in [2.75, 3.05) is 20.2 Å². The second-order valence-corrected chi connectivity index (χ2v) is 8.54. The van der Waals surface area contributed by atoms with E-state index in [0.717, 1.165) is 12.8 Å². The van der Waals surface area contributed by atoms with E-state index in [1.807, 2.05) is 0 Å². The Hall–Kier alpha value is -2.32. The summed E-state index contributed by atoms with van der Waals surface area (Å²) in [4.78, 5) is 40.0. The lowest BCUT2D eigenvalue weighted by atomic mass is 9.63. The van der Waals surface area contributed by atoms with Crippen molar-refractivity contribution in [2.24, 2.45) is 11.3 Å². The van der Waals surface area contributed by atoms with E-state index in [1.165, 1.54) is 7.11 Å². The topological polar surface area (TPSA) is 63.7 Å². The molecule has 1 aliphatic heterocycles. The van der Waals surface area contributed by atoms with Crippen LogP contribution in [0.3, 0.4) is 0 Å². The van der Waals surface area contributed by atoms with Crippen molar-refractivity contribution >= 4 is 29.1 Å². The molecular formula is C22H22ClNO4. The molecule has 0 unspecified atom stereocenters. The molecule has 3 fully saturated rings. The van der Waals surface area contributed by atoms with Gasteiger partial charge in [-0.05, 0) is 31.9 Å². The van der Waals surface area contributed by atoms with Crippen molar-refractivity contribution in [1.29, 1.82) is 0 Å². The summed E-state index contributed by atoms with van der Waals surface area (Å²) >= 11 is 6.43. The maximum atomic E-state index is 13.0. The van der Waals surface area contributed by atoms with Crippen LogP contribution in [-0.4, -0.2) is 42.6 Å². The lowest BCUT2D eigenvalue weighted by molar-refractivity contribution is -0.155. The Morgan fingerprint density at radius 3 is 2.39 bits per heavy atom. The molecule has 6 heteroatoms. The molecule has 0 atom stereocenters. The van der Waals surface area contributed by atoms with Crippen LogP contribution in [0.4, 0.5) is 0 Å². The van der Waals surface area contributed by atoms with Gasteiger partial charge in [0.25, 0.3) is 0 Å². The molecule has 0 aromatic heterocycles. The average molecular weight is 400 g/mol. The summed E-state index contributed by atoms with van der Waals surface area (Å²) in [5.41, 5.74) is 0.706. The Kier molecular flexibility index (Phi) is 4.71. The Morgan fingerprint density at radius 1 is 1.21 bits per heavy atom. The number of hydrogen-bond donors (Lipinski definition) is 0. The third-order valence-electron chi connectivity index (χ3n) is 5.90. The normalized spacial score (nSPS) is 21.2. The number of carbonyl (C=O) groups excluding carboxylic acids is 3. The van der Waals surface area contributed by atoms with Gasteiger partial charge in [0.2, 0.25) is 5.91 Å². The van der Waals surface area contributed by atoms with Gasteiger partial charge in [-0.2, -0.15) is 0 Å². The van der Waals surface area contributed by atoms with Gasteiger partial charge >= 0.3 is 0 Å². The molecule has 3 aliphatic rings. The number of carbonyl (C=O) groups is 3. The van der Waals surface area contributed by atoms with Crippen molar-refractivity contribution in [1.82, 2.24) is 4.90 Å². The highest BCUT2D eigenvalue weighted by Crippen LogP contribution is 2.49. The van der Waals surface area contributed by atoms with Crippen LogP contribution in [0.25, 0.3) is 0 Å². The number of likely N-dealkylation sites (tertiary alicyclic amines) is 1. The average Bonchev–Trinajstić information content (AvgIpc) is 3.45. The standard InChI is InChI=1S/C22H22ClNO4/c1-3-4-13-7-15(23)19(18(8-13)28-2)20-16(25)9-22(10-17(20)26)11-24(12-22)21(27)14-5-6-14/h7-8,14,20H,5-6,9-12H2,1-2H3. The van der Waals surface area contributed by atoms with Gasteiger partial charge in [-0.15, -0.1) is 5.92 Å². The number of rotatable bonds is 3. The molecule has 1 saturated heterocycles. The van der Waals surface area contributed by atoms with E-state index in [0.29, 0.717) is 35.0 Å². The first kappa shape index (κ1) is 19.0. The van der Waals surface area contributed by atoms with Crippen LogP contribution in [0.15, 0.2) is 12.1 Å². The van der Waals surface area contributed by atoms with Crippen molar-refractivity contribution in [3.8, 4) is 17.6 Å². The SMILES string of the molecule is CC#Cc1cc(Cl)c(C2C(=O)CC3(CC2=O)CN(C(=O)C2CC2)C3)c(OC)c1. The highest BCUT2D eigenvalue weighted by molar-refractivity contribution is 6.32. The number of ether oxygens (including phenoxy) is 1. The van der Waals surface area contributed by atoms with E-state index in [4.69, 9.17) is 16.3 Å². The van der Waals surface area contributed by atoms with Gasteiger partial charge in [-0.3, -0.25) is 14.4 Å². The van der Waals surface area contributed by atoms with Crippen LogP contribution in [0.1, 0.15) is 49.7 Å². The van der Waals surface area contributed by atoms with Crippen LogP contribution >= 0.6 is 11.6 Å². The fourth-order valence-electron chi connectivity index (χ4n) is 4.50. The second kappa shape index (κ2) is 6.93. The second-order valence-electron chi connectivity index (χ2n) is 8.14. The minimum atomic E-state index is -0.912. The Morgan fingerprint density at radius 2 is 1.86 bits per heavy atom. The number of amides is 1. The summed E-state index contributed by atoms with van der Waals surface area (Å²) in [5.74, 6) is 5.25. The highest BCUT2D eigenvalue weighted by atomic mass is 35.5. The molecule has 1 spiro atoms. The summed E-state index contributed by atoms with van der Waals surface area (Å²) in [5, 5.41) is 0.318. The molecule has 4 rings (SSSR count). The monoisotopic (exact) mass is 399 g/mol. The number of Topliss-reactive ketones (excluding diaryl/α,β-unsaturated/α-hetero) is 2. The van der Waals surface area contributed by atoms with E-state index in [-0.39, 0.29) is 36.2 Å².